The smallest absolute Gasteiger partial charge is 0.306 e. The lowest BCUT2D eigenvalue weighted by Gasteiger charge is -2.24. The third-order valence-corrected chi connectivity index (χ3v) is 7.87. The van der Waals surface area contributed by atoms with E-state index in [-0.39, 0.29) is 17.9 Å². The fraction of sp³-hybridized carbons (Fsp3) is 0.333. The summed E-state index contributed by atoms with van der Waals surface area (Å²) in [5, 5.41) is 19.7. The Balaban J connectivity index is 1.38. The van der Waals surface area contributed by atoms with E-state index < -0.39 is 5.97 Å². The second-order valence-corrected chi connectivity index (χ2v) is 9.81. The molecule has 8 nitrogen and oxygen atoms in total. The van der Waals surface area contributed by atoms with Crippen LogP contribution in [0.15, 0.2) is 42.0 Å². The van der Waals surface area contributed by atoms with E-state index in [1.165, 1.54) is 22.3 Å². The number of nitrogens with zero attached hydrogens (tertiary/aromatic N) is 4. The van der Waals surface area contributed by atoms with E-state index in [1.807, 2.05) is 4.52 Å². The predicted molar refractivity (Wildman–Crippen MR) is 127 cm³/mol. The fourth-order valence-corrected chi connectivity index (χ4v) is 6.06. The number of nitrogens with two attached hydrogens (primary N) is 1. The van der Waals surface area contributed by atoms with E-state index in [4.69, 9.17) is 10.7 Å². The maximum absolute atomic E-state index is 11.4. The second kappa shape index (κ2) is 7.84. The zero-order valence-corrected chi connectivity index (χ0v) is 18.8. The van der Waals surface area contributed by atoms with Crippen molar-refractivity contribution in [3.05, 3.63) is 59.1 Å². The number of carboxylic acids is 1. The Morgan fingerprint density at radius 2 is 2.03 bits per heavy atom. The molecule has 1 saturated carbocycles. The van der Waals surface area contributed by atoms with E-state index >= 15 is 0 Å². The highest BCUT2D eigenvalue weighted by molar-refractivity contribution is 7.13. The molecule has 1 atom stereocenters. The van der Waals surface area contributed by atoms with Crippen molar-refractivity contribution in [1.29, 1.82) is 0 Å². The highest BCUT2D eigenvalue weighted by atomic mass is 32.1. The number of thiophene rings is 1. The van der Waals surface area contributed by atoms with Crippen molar-refractivity contribution in [3.8, 4) is 10.4 Å². The molecule has 1 aliphatic heterocycles. The Morgan fingerprint density at radius 3 is 2.79 bits per heavy atom. The van der Waals surface area contributed by atoms with Crippen molar-refractivity contribution in [3.63, 3.8) is 0 Å². The number of nitrogens with one attached hydrogen (secondary N) is 1. The molecule has 3 aromatic heterocycles. The monoisotopic (exact) mass is 460 g/mol. The average Bonchev–Trinajstić information content (AvgIpc) is 3.57. The molecule has 33 heavy (non-hydrogen) atoms. The number of anilines is 2. The number of hydrogen-bond acceptors (Lipinski definition) is 7. The van der Waals surface area contributed by atoms with E-state index in [2.05, 4.69) is 51.1 Å². The molecule has 0 spiro atoms. The minimum absolute atomic E-state index is 0.0338. The van der Waals surface area contributed by atoms with Gasteiger partial charge in [-0.15, -0.1) is 11.3 Å². The minimum atomic E-state index is -0.705. The lowest BCUT2D eigenvalue weighted by Crippen LogP contribution is -2.21. The van der Waals surface area contributed by atoms with Gasteiger partial charge in [0.05, 0.1) is 17.7 Å². The predicted octanol–water partition coefficient (Wildman–Crippen LogP) is 4.50. The van der Waals surface area contributed by atoms with Crippen LogP contribution in [0.2, 0.25) is 0 Å². The molecule has 1 fully saturated rings. The number of fused-ring (bicyclic) bond motifs is 2. The van der Waals surface area contributed by atoms with Gasteiger partial charge in [-0.05, 0) is 42.7 Å². The average molecular weight is 461 g/mol. The van der Waals surface area contributed by atoms with E-state index in [0.29, 0.717) is 18.7 Å². The standard InChI is InChI=1S/C24H24N6O2S/c25-22-21-20(17-11-15-3-1-4-16(19(15)28-17)18-5-2-10-33-18)29-23(30(21)27-12-26-22)13-6-8-14(9-7-13)24(31)32/h1-5,10,12-14,17,28H,6-9,11H2,(H,31,32)(H2,25,26,27). The van der Waals surface area contributed by atoms with Crippen LogP contribution in [0, 0.1) is 5.92 Å². The summed E-state index contributed by atoms with van der Waals surface area (Å²) >= 11 is 1.73. The summed E-state index contributed by atoms with van der Waals surface area (Å²) in [5.74, 6) is 0.446. The van der Waals surface area contributed by atoms with Crippen molar-refractivity contribution in [2.75, 3.05) is 11.1 Å². The van der Waals surface area contributed by atoms with Crippen molar-refractivity contribution in [2.24, 2.45) is 5.92 Å². The number of benzene rings is 1. The van der Waals surface area contributed by atoms with Gasteiger partial charge in [0.1, 0.15) is 17.7 Å². The molecule has 6 rings (SSSR count). The van der Waals surface area contributed by atoms with Crippen molar-refractivity contribution in [1.82, 2.24) is 19.6 Å². The van der Waals surface area contributed by atoms with Gasteiger partial charge in [-0.1, -0.05) is 24.3 Å². The molecule has 1 unspecified atom stereocenters. The number of nitrogen functional groups attached to an aromatic ring is 1. The molecule has 4 heterocycles. The first-order valence-electron chi connectivity index (χ1n) is 11.2. The van der Waals surface area contributed by atoms with Crippen LogP contribution in [-0.4, -0.2) is 30.7 Å². The summed E-state index contributed by atoms with van der Waals surface area (Å²) in [7, 11) is 0. The van der Waals surface area contributed by atoms with Crippen LogP contribution in [0.4, 0.5) is 11.5 Å². The first kappa shape index (κ1) is 20.2. The molecule has 0 amide bonds. The summed E-state index contributed by atoms with van der Waals surface area (Å²) < 4.78 is 1.83. The van der Waals surface area contributed by atoms with Crippen LogP contribution in [-0.2, 0) is 11.2 Å². The van der Waals surface area contributed by atoms with Gasteiger partial charge in [-0.2, -0.15) is 5.10 Å². The van der Waals surface area contributed by atoms with Gasteiger partial charge in [-0.3, -0.25) is 4.79 Å². The first-order chi connectivity index (χ1) is 16.1. The Labute approximate surface area is 194 Å². The van der Waals surface area contributed by atoms with Gasteiger partial charge >= 0.3 is 5.97 Å². The molecule has 9 heteroatoms. The number of carboxylic acid groups (broad SMARTS) is 1. The summed E-state index contributed by atoms with van der Waals surface area (Å²) in [6.45, 7) is 0. The molecular formula is C24H24N6O2S. The molecule has 1 aliphatic carbocycles. The van der Waals surface area contributed by atoms with Crippen LogP contribution < -0.4 is 11.1 Å². The number of para-hydroxylation sites is 1. The third-order valence-electron chi connectivity index (χ3n) is 6.96. The Bertz CT molecular complexity index is 1340. The van der Waals surface area contributed by atoms with Crippen LogP contribution in [0.1, 0.15) is 54.7 Å². The van der Waals surface area contributed by atoms with Crippen LogP contribution in [0.25, 0.3) is 16.0 Å². The van der Waals surface area contributed by atoms with E-state index in [9.17, 15) is 9.90 Å². The Kier molecular flexibility index (Phi) is 4.79. The highest BCUT2D eigenvalue weighted by Crippen LogP contribution is 2.44. The molecule has 4 aromatic rings. The summed E-state index contributed by atoms with van der Waals surface area (Å²) in [6, 6.07) is 10.6. The lowest BCUT2D eigenvalue weighted by molar-refractivity contribution is -0.142. The topological polar surface area (TPSA) is 118 Å². The number of hydrogen-bond donors (Lipinski definition) is 3. The van der Waals surface area contributed by atoms with E-state index in [1.54, 1.807) is 11.3 Å². The lowest BCUT2D eigenvalue weighted by atomic mass is 9.82. The SMILES string of the molecule is Nc1ncnn2c(C3CCC(C(=O)O)CC3)nc(C3Cc4cccc(-c5cccs5)c4N3)c12. The van der Waals surface area contributed by atoms with Crippen LogP contribution in [0.3, 0.4) is 0 Å². The third kappa shape index (κ3) is 3.34. The van der Waals surface area contributed by atoms with Gasteiger partial charge in [-0.25, -0.2) is 14.5 Å². The molecule has 0 saturated heterocycles. The highest BCUT2D eigenvalue weighted by Gasteiger charge is 2.34. The normalized spacial score (nSPS) is 22.2. The maximum atomic E-state index is 11.4. The molecular weight excluding hydrogens is 436 g/mol. The van der Waals surface area contributed by atoms with Gasteiger partial charge in [0, 0.05) is 28.5 Å². The van der Waals surface area contributed by atoms with Crippen molar-refractivity contribution >= 4 is 34.3 Å². The number of rotatable bonds is 4. The van der Waals surface area contributed by atoms with Gasteiger partial charge in [0.2, 0.25) is 0 Å². The zero-order chi connectivity index (χ0) is 22.5. The number of aromatic nitrogens is 4. The maximum Gasteiger partial charge on any atom is 0.306 e. The van der Waals surface area contributed by atoms with Crippen molar-refractivity contribution < 1.29 is 9.90 Å². The number of aliphatic carboxylic acids is 1. The molecule has 1 aromatic carbocycles. The molecule has 0 bridgehead atoms. The second-order valence-electron chi connectivity index (χ2n) is 8.87. The zero-order valence-electron chi connectivity index (χ0n) is 17.9. The van der Waals surface area contributed by atoms with Crippen molar-refractivity contribution in [2.45, 2.75) is 44.1 Å². The van der Waals surface area contributed by atoms with Gasteiger partial charge < -0.3 is 16.2 Å². The summed E-state index contributed by atoms with van der Waals surface area (Å²) in [5.41, 5.74) is 11.5. The summed E-state index contributed by atoms with van der Waals surface area (Å²) in [6.07, 6.45) is 5.14. The molecule has 2 aliphatic rings. The van der Waals surface area contributed by atoms with Crippen LogP contribution in [0.5, 0.6) is 0 Å². The largest absolute Gasteiger partial charge is 0.481 e. The first-order valence-corrected chi connectivity index (χ1v) is 12.1. The van der Waals surface area contributed by atoms with E-state index in [0.717, 1.165) is 42.0 Å². The molecule has 4 N–H and O–H groups in total. The number of imidazole rings is 1. The minimum Gasteiger partial charge on any atom is -0.481 e. The Morgan fingerprint density at radius 1 is 1.18 bits per heavy atom. The molecule has 168 valence electrons. The molecule has 0 radical (unpaired) electrons. The number of carbonyl (C=O) groups is 1. The Hall–Kier alpha value is -3.46. The fourth-order valence-electron chi connectivity index (χ4n) is 5.30. The van der Waals surface area contributed by atoms with Gasteiger partial charge in [0.15, 0.2) is 5.82 Å². The van der Waals surface area contributed by atoms with Crippen LogP contribution >= 0.6 is 11.3 Å². The van der Waals surface area contributed by atoms with Gasteiger partial charge in [0.25, 0.3) is 0 Å². The summed E-state index contributed by atoms with van der Waals surface area (Å²) in [4.78, 5) is 21.9. The quantitative estimate of drug-likeness (QED) is 0.410.